The number of allylic oxidation sites excluding steroid dienone is 2. The second kappa shape index (κ2) is 3.13. The van der Waals surface area contributed by atoms with Crippen molar-refractivity contribution in [2.75, 3.05) is 0 Å². The first-order valence-electron chi connectivity index (χ1n) is 2.30. The zero-order chi connectivity index (χ0) is 6.57. The largest absolute Gasteiger partial charge is 0.298 e. The number of hydrogen-bond donors (Lipinski definition) is 0. The highest BCUT2D eigenvalue weighted by Gasteiger charge is 1.89. The summed E-state index contributed by atoms with van der Waals surface area (Å²) in [6.07, 6.45) is 1.34. The third-order valence-corrected chi connectivity index (χ3v) is 0.976. The van der Waals surface area contributed by atoms with Crippen molar-refractivity contribution in [2.24, 2.45) is 0 Å². The fourth-order valence-electron chi connectivity index (χ4n) is 0.186. The summed E-state index contributed by atoms with van der Waals surface area (Å²) in [5.41, 5.74) is 1.00. The van der Waals surface area contributed by atoms with Gasteiger partial charge in [-0.3, -0.25) is 9.59 Å². The highest BCUT2D eigenvalue weighted by atomic mass is 16.1. The van der Waals surface area contributed by atoms with Gasteiger partial charge in [-0.25, -0.2) is 0 Å². The molecular formula is C6H8O2. The molecule has 0 aliphatic carbocycles. The number of hydrogen-bond acceptors (Lipinski definition) is 2. The summed E-state index contributed by atoms with van der Waals surface area (Å²) in [6.45, 7) is 3.22. The average molecular weight is 112 g/mol. The first-order valence-corrected chi connectivity index (χ1v) is 2.30. The highest BCUT2D eigenvalue weighted by molar-refractivity contribution is 5.85. The molecule has 8 heavy (non-hydrogen) atoms. The SMILES string of the molecule is C/C(C=O)=C(\C)C=O. The molecule has 0 aromatic heterocycles. The summed E-state index contributed by atoms with van der Waals surface area (Å²) in [7, 11) is 0. The van der Waals surface area contributed by atoms with Crippen LogP contribution in [0.3, 0.4) is 0 Å². The van der Waals surface area contributed by atoms with Crippen LogP contribution in [0.1, 0.15) is 13.8 Å². The zero-order valence-electron chi connectivity index (χ0n) is 4.97. The van der Waals surface area contributed by atoms with Crippen molar-refractivity contribution in [3.63, 3.8) is 0 Å². The minimum absolute atomic E-state index is 0.500. The molecule has 0 amide bonds. The summed E-state index contributed by atoms with van der Waals surface area (Å²) in [6, 6.07) is 0. The predicted octanol–water partition coefficient (Wildman–Crippen LogP) is 0.721. The minimum atomic E-state index is 0.500. The van der Waals surface area contributed by atoms with E-state index in [-0.39, 0.29) is 0 Å². The van der Waals surface area contributed by atoms with Crippen LogP contribution in [-0.2, 0) is 9.59 Å². The van der Waals surface area contributed by atoms with E-state index in [9.17, 15) is 9.59 Å². The average Bonchev–Trinajstić information content (AvgIpc) is 1.84. The van der Waals surface area contributed by atoms with Gasteiger partial charge < -0.3 is 0 Å². The van der Waals surface area contributed by atoms with Gasteiger partial charge in [-0.05, 0) is 25.0 Å². The molecule has 0 saturated carbocycles. The van der Waals surface area contributed by atoms with Gasteiger partial charge in [0.2, 0.25) is 0 Å². The molecule has 0 radical (unpaired) electrons. The highest BCUT2D eigenvalue weighted by Crippen LogP contribution is 1.93. The van der Waals surface area contributed by atoms with E-state index in [1.54, 1.807) is 13.8 Å². The van der Waals surface area contributed by atoms with Gasteiger partial charge in [-0.1, -0.05) is 0 Å². The first-order chi connectivity index (χ1) is 3.72. The van der Waals surface area contributed by atoms with E-state index < -0.39 is 0 Å². The maximum Gasteiger partial charge on any atom is 0.146 e. The summed E-state index contributed by atoms with van der Waals surface area (Å²) < 4.78 is 0. The van der Waals surface area contributed by atoms with Crippen molar-refractivity contribution in [2.45, 2.75) is 13.8 Å². The normalized spacial score (nSPS) is 12.2. The molecule has 0 N–H and O–H groups in total. The van der Waals surface area contributed by atoms with E-state index in [4.69, 9.17) is 0 Å². The topological polar surface area (TPSA) is 34.1 Å². The van der Waals surface area contributed by atoms with Gasteiger partial charge in [0.1, 0.15) is 12.6 Å². The molecule has 0 unspecified atom stereocenters. The Morgan fingerprint density at radius 2 is 1.25 bits per heavy atom. The van der Waals surface area contributed by atoms with E-state index >= 15 is 0 Å². The molecule has 0 aliphatic heterocycles. The van der Waals surface area contributed by atoms with Crippen LogP contribution in [0.15, 0.2) is 11.1 Å². The second-order valence-corrected chi connectivity index (χ2v) is 1.60. The maximum atomic E-state index is 9.89. The molecule has 0 aliphatic rings. The zero-order valence-corrected chi connectivity index (χ0v) is 4.97. The molecule has 0 aromatic rings. The Hall–Kier alpha value is -0.920. The number of aldehydes is 2. The van der Waals surface area contributed by atoms with Crippen molar-refractivity contribution in [3.05, 3.63) is 11.1 Å². The summed E-state index contributed by atoms with van der Waals surface area (Å²) in [5.74, 6) is 0. The Morgan fingerprint density at radius 1 is 1.00 bits per heavy atom. The van der Waals surface area contributed by atoms with E-state index in [2.05, 4.69) is 0 Å². The lowest BCUT2D eigenvalue weighted by atomic mass is 10.2. The second-order valence-electron chi connectivity index (χ2n) is 1.60. The van der Waals surface area contributed by atoms with Crippen molar-refractivity contribution < 1.29 is 9.59 Å². The molecule has 0 rings (SSSR count). The van der Waals surface area contributed by atoms with Crippen LogP contribution in [-0.4, -0.2) is 12.6 Å². The smallest absolute Gasteiger partial charge is 0.146 e. The summed E-state index contributed by atoms with van der Waals surface area (Å²) in [5, 5.41) is 0. The molecular weight excluding hydrogens is 104 g/mol. The number of carbonyl (C=O) groups excluding carboxylic acids is 2. The van der Waals surface area contributed by atoms with Crippen molar-refractivity contribution in [3.8, 4) is 0 Å². The van der Waals surface area contributed by atoms with E-state index in [0.29, 0.717) is 23.7 Å². The van der Waals surface area contributed by atoms with Gasteiger partial charge in [-0.15, -0.1) is 0 Å². The standard InChI is InChI=1S/C6H8O2/c1-5(3-7)6(2)4-8/h3-4H,1-2H3/b6-5-. The fourth-order valence-corrected chi connectivity index (χ4v) is 0.186. The Morgan fingerprint density at radius 3 is 1.38 bits per heavy atom. The monoisotopic (exact) mass is 112 g/mol. The lowest BCUT2D eigenvalue weighted by molar-refractivity contribution is -0.107. The molecule has 0 bridgehead atoms. The lowest BCUT2D eigenvalue weighted by Crippen LogP contribution is -1.84. The Bertz CT molecular complexity index is 117. The first kappa shape index (κ1) is 7.08. The third kappa shape index (κ3) is 1.69. The Kier molecular flexibility index (Phi) is 2.77. The molecule has 0 aromatic carbocycles. The fraction of sp³-hybridized carbons (Fsp3) is 0.333. The molecule has 0 heterocycles. The summed E-state index contributed by atoms with van der Waals surface area (Å²) >= 11 is 0. The maximum absolute atomic E-state index is 9.89. The van der Waals surface area contributed by atoms with Crippen LogP contribution in [0.5, 0.6) is 0 Å². The number of carbonyl (C=O) groups is 2. The van der Waals surface area contributed by atoms with Gasteiger partial charge in [0.25, 0.3) is 0 Å². The quantitative estimate of drug-likeness (QED) is 0.389. The molecule has 2 heteroatoms. The van der Waals surface area contributed by atoms with Crippen LogP contribution >= 0.6 is 0 Å². The van der Waals surface area contributed by atoms with E-state index in [0.717, 1.165) is 0 Å². The predicted molar refractivity (Wildman–Crippen MR) is 30.5 cm³/mol. The minimum Gasteiger partial charge on any atom is -0.298 e. The molecule has 44 valence electrons. The van der Waals surface area contributed by atoms with Crippen molar-refractivity contribution >= 4 is 12.6 Å². The third-order valence-electron chi connectivity index (χ3n) is 0.976. The van der Waals surface area contributed by atoms with Crippen LogP contribution in [0, 0.1) is 0 Å². The molecule has 2 nitrogen and oxygen atoms in total. The lowest BCUT2D eigenvalue weighted by Gasteiger charge is -1.86. The van der Waals surface area contributed by atoms with Crippen molar-refractivity contribution in [1.82, 2.24) is 0 Å². The van der Waals surface area contributed by atoms with Gasteiger partial charge in [0.05, 0.1) is 0 Å². The Labute approximate surface area is 48.2 Å². The van der Waals surface area contributed by atoms with Gasteiger partial charge in [0, 0.05) is 0 Å². The molecule has 0 spiro atoms. The molecule has 0 atom stereocenters. The van der Waals surface area contributed by atoms with Gasteiger partial charge in [-0.2, -0.15) is 0 Å². The van der Waals surface area contributed by atoms with Crippen LogP contribution in [0.2, 0.25) is 0 Å². The van der Waals surface area contributed by atoms with Crippen molar-refractivity contribution in [1.29, 1.82) is 0 Å². The van der Waals surface area contributed by atoms with Gasteiger partial charge in [0.15, 0.2) is 0 Å². The van der Waals surface area contributed by atoms with Crippen LogP contribution in [0.25, 0.3) is 0 Å². The number of rotatable bonds is 2. The molecule has 0 saturated heterocycles. The Balaban J connectivity index is 4.25. The van der Waals surface area contributed by atoms with E-state index in [1.165, 1.54) is 0 Å². The van der Waals surface area contributed by atoms with E-state index in [1.807, 2.05) is 0 Å². The van der Waals surface area contributed by atoms with Crippen LogP contribution < -0.4 is 0 Å². The van der Waals surface area contributed by atoms with Gasteiger partial charge >= 0.3 is 0 Å². The summed E-state index contributed by atoms with van der Waals surface area (Å²) in [4.78, 5) is 19.8. The molecule has 0 fully saturated rings. The van der Waals surface area contributed by atoms with Crippen LogP contribution in [0.4, 0.5) is 0 Å².